The van der Waals surface area contributed by atoms with Gasteiger partial charge < -0.3 is 0 Å². The van der Waals surface area contributed by atoms with Crippen LogP contribution in [-0.2, 0) is 5.88 Å². The first-order valence-electron chi connectivity index (χ1n) is 7.12. The Labute approximate surface area is 143 Å². The number of hydrogen-bond acceptors (Lipinski definition) is 7. The van der Waals surface area contributed by atoms with Gasteiger partial charge in [0.05, 0.1) is 11.9 Å². The Bertz CT molecular complexity index is 620. The van der Waals surface area contributed by atoms with Gasteiger partial charge in [-0.3, -0.25) is 0 Å². The second-order valence-electron chi connectivity index (χ2n) is 4.85. The van der Waals surface area contributed by atoms with Gasteiger partial charge in [-0.2, -0.15) is 10.3 Å². The first kappa shape index (κ1) is 17.2. The molecule has 0 saturated heterocycles. The zero-order valence-corrected chi connectivity index (χ0v) is 14.7. The van der Waals surface area contributed by atoms with Gasteiger partial charge >= 0.3 is 0 Å². The average molecular weight is 355 g/mol. The average Bonchev–Trinajstić information content (AvgIpc) is 2.92. The summed E-state index contributed by atoms with van der Waals surface area (Å²) >= 11 is 8.38. The van der Waals surface area contributed by atoms with E-state index in [-0.39, 0.29) is 0 Å². The topological polar surface area (TPSA) is 71.8 Å². The van der Waals surface area contributed by atoms with Crippen LogP contribution in [0, 0.1) is 16.2 Å². The molecule has 0 atom stereocenters. The minimum absolute atomic E-state index is 0.377. The van der Waals surface area contributed by atoms with E-state index in [2.05, 4.69) is 22.0 Å². The van der Waals surface area contributed by atoms with Crippen LogP contribution in [0.1, 0.15) is 38.1 Å². The van der Waals surface area contributed by atoms with Crippen LogP contribution in [0.15, 0.2) is 17.6 Å². The first-order chi connectivity index (χ1) is 10.8. The van der Waals surface area contributed by atoms with Crippen molar-refractivity contribution in [3.05, 3.63) is 17.4 Å². The van der Waals surface area contributed by atoms with E-state index in [0.29, 0.717) is 26.8 Å². The maximum absolute atomic E-state index is 8.71. The molecule has 0 amide bonds. The molecule has 1 aliphatic rings. The predicted octanol–water partition coefficient (Wildman–Crippen LogP) is 3.76. The minimum Gasteiger partial charge on any atom is -0.215 e. The monoisotopic (exact) mass is 354 g/mol. The molecule has 0 radical (unpaired) electrons. The summed E-state index contributed by atoms with van der Waals surface area (Å²) in [5.74, 6) is 1.23. The number of hydrogen-bond donors (Lipinski definition) is 0. The van der Waals surface area contributed by atoms with E-state index < -0.39 is 0 Å². The van der Waals surface area contributed by atoms with Crippen molar-refractivity contribution >= 4 is 40.1 Å². The lowest BCUT2D eigenvalue weighted by Gasteiger charge is -2.20. The quantitative estimate of drug-likeness (QED) is 0.263. The summed E-state index contributed by atoms with van der Waals surface area (Å²) in [6.45, 7) is 3.66. The van der Waals surface area contributed by atoms with Crippen LogP contribution >= 0.6 is 35.7 Å². The molecule has 22 heavy (non-hydrogen) atoms. The van der Waals surface area contributed by atoms with Crippen molar-refractivity contribution in [1.29, 1.82) is 5.26 Å². The van der Waals surface area contributed by atoms with Gasteiger partial charge in [0.2, 0.25) is 11.0 Å². The highest BCUT2D eigenvalue weighted by molar-refractivity contribution is 8.38. The fourth-order valence-electron chi connectivity index (χ4n) is 2.32. The molecule has 1 fully saturated rings. The lowest BCUT2D eigenvalue weighted by atomic mass is 9.96. The molecule has 1 aromatic rings. The normalized spacial score (nSPS) is 16.4. The largest absolute Gasteiger partial charge is 0.216 e. The maximum Gasteiger partial charge on any atom is 0.216 e. The highest BCUT2D eigenvalue weighted by atomic mass is 32.2. The zero-order chi connectivity index (χ0) is 15.8. The van der Waals surface area contributed by atoms with Crippen molar-refractivity contribution in [2.45, 2.75) is 44.0 Å². The van der Waals surface area contributed by atoms with Gasteiger partial charge in [0, 0.05) is 5.75 Å². The van der Waals surface area contributed by atoms with Gasteiger partial charge in [-0.15, -0.1) is 6.58 Å². The van der Waals surface area contributed by atoms with Crippen molar-refractivity contribution in [2.75, 3.05) is 5.75 Å². The molecule has 118 valence electrons. The van der Waals surface area contributed by atoms with Gasteiger partial charge in [0.15, 0.2) is 0 Å². The van der Waals surface area contributed by atoms with Gasteiger partial charge in [-0.1, -0.05) is 48.9 Å². The Kier molecular flexibility index (Phi) is 7.15. The molecule has 0 aliphatic heterocycles. The molecule has 1 saturated carbocycles. The number of nitrogens with zero attached hydrogens (tertiary/aromatic N) is 6. The molecule has 0 unspecified atom stereocenters. The standard InChI is InChI=1S/C13H18N6S3/c1-2-8-21-12(15-9-14)22-10-18-13(20)19(17-16-18)11-6-4-3-5-7-11/h2,11H,1,3-8,10H2. The fourth-order valence-corrected chi connectivity index (χ4v) is 4.26. The highest BCUT2D eigenvalue weighted by Crippen LogP contribution is 2.27. The van der Waals surface area contributed by atoms with Crippen LogP contribution in [-0.4, -0.2) is 29.9 Å². The van der Waals surface area contributed by atoms with E-state index in [1.165, 1.54) is 42.8 Å². The van der Waals surface area contributed by atoms with Gasteiger partial charge in [-0.05, 0) is 35.5 Å². The minimum atomic E-state index is 0.377. The number of thioether (sulfide) groups is 2. The molecule has 0 bridgehead atoms. The summed E-state index contributed by atoms with van der Waals surface area (Å²) in [6, 6.07) is 0.377. The molecular formula is C13H18N6S3. The number of aliphatic imine (C=N–C) groups is 1. The molecular weight excluding hydrogens is 336 g/mol. The second kappa shape index (κ2) is 9.12. The molecule has 0 aromatic carbocycles. The molecule has 1 heterocycles. The molecule has 9 heteroatoms. The van der Waals surface area contributed by atoms with Crippen LogP contribution < -0.4 is 0 Å². The third-order valence-corrected chi connectivity index (χ3v) is 5.92. The van der Waals surface area contributed by atoms with E-state index in [4.69, 9.17) is 17.5 Å². The summed E-state index contributed by atoms with van der Waals surface area (Å²) in [5.41, 5.74) is 0. The summed E-state index contributed by atoms with van der Waals surface area (Å²) in [5, 5.41) is 17.1. The van der Waals surface area contributed by atoms with Crippen molar-refractivity contribution in [3.63, 3.8) is 0 Å². The Balaban J connectivity index is 2.00. The van der Waals surface area contributed by atoms with E-state index >= 15 is 0 Å². The van der Waals surface area contributed by atoms with Crippen LogP contribution in [0.5, 0.6) is 0 Å². The van der Waals surface area contributed by atoms with Crippen LogP contribution in [0.25, 0.3) is 0 Å². The van der Waals surface area contributed by atoms with Crippen LogP contribution in [0.2, 0.25) is 0 Å². The Morgan fingerprint density at radius 3 is 2.86 bits per heavy atom. The van der Waals surface area contributed by atoms with E-state index in [1.54, 1.807) is 10.8 Å². The maximum atomic E-state index is 8.71. The SMILES string of the molecule is C=CCSC(=NC#N)SCn1nnn(C2CCCCC2)c1=S. The van der Waals surface area contributed by atoms with Crippen LogP contribution in [0.4, 0.5) is 0 Å². The number of aromatic nitrogens is 4. The fraction of sp³-hybridized carbons (Fsp3) is 0.615. The lowest BCUT2D eigenvalue weighted by molar-refractivity contribution is 0.321. The molecule has 6 nitrogen and oxygen atoms in total. The van der Waals surface area contributed by atoms with Crippen molar-refractivity contribution in [3.8, 4) is 6.19 Å². The second-order valence-corrected chi connectivity index (χ2v) is 7.41. The first-order valence-corrected chi connectivity index (χ1v) is 9.49. The molecule has 0 N–H and O–H groups in total. The molecule has 1 aliphatic carbocycles. The Morgan fingerprint density at radius 1 is 1.41 bits per heavy atom. The molecule has 2 rings (SSSR count). The Hall–Kier alpha value is -1.11. The van der Waals surface area contributed by atoms with E-state index in [1.807, 2.05) is 10.9 Å². The highest BCUT2D eigenvalue weighted by Gasteiger charge is 2.18. The zero-order valence-electron chi connectivity index (χ0n) is 12.2. The number of nitriles is 1. The smallest absolute Gasteiger partial charge is 0.215 e. The van der Waals surface area contributed by atoms with E-state index in [0.717, 1.165) is 12.8 Å². The van der Waals surface area contributed by atoms with Crippen molar-refractivity contribution in [1.82, 2.24) is 19.8 Å². The lowest BCUT2D eigenvalue weighted by Crippen LogP contribution is -2.14. The summed E-state index contributed by atoms with van der Waals surface area (Å²) in [6.07, 6.45) is 9.59. The number of rotatable bonds is 5. The number of tetrazole rings is 1. The third kappa shape index (κ3) is 4.69. The third-order valence-electron chi connectivity index (χ3n) is 3.36. The van der Waals surface area contributed by atoms with Gasteiger partial charge in [-0.25, -0.2) is 9.36 Å². The van der Waals surface area contributed by atoms with Crippen molar-refractivity contribution in [2.24, 2.45) is 4.99 Å². The van der Waals surface area contributed by atoms with Crippen molar-refractivity contribution < 1.29 is 0 Å². The Morgan fingerprint density at radius 2 is 2.18 bits per heavy atom. The summed E-state index contributed by atoms with van der Waals surface area (Å²) in [7, 11) is 0. The van der Waals surface area contributed by atoms with E-state index in [9.17, 15) is 0 Å². The molecule has 0 spiro atoms. The summed E-state index contributed by atoms with van der Waals surface area (Å²) in [4.78, 5) is 3.80. The summed E-state index contributed by atoms with van der Waals surface area (Å²) < 4.78 is 4.89. The van der Waals surface area contributed by atoms with Gasteiger partial charge in [0.25, 0.3) is 0 Å². The molecule has 1 aromatic heterocycles. The predicted molar refractivity (Wildman–Crippen MR) is 94.3 cm³/mol. The van der Waals surface area contributed by atoms with Gasteiger partial charge in [0.1, 0.15) is 4.38 Å². The van der Waals surface area contributed by atoms with Crippen LogP contribution in [0.3, 0.4) is 0 Å².